The summed E-state index contributed by atoms with van der Waals surface area (Å²) >= 11 is 0. The minimum absolute atomic E-state index is 0.118. The second-order valence-electron chi connectivity index (χ2n) is 10.4. The Morgan fingerprint density at radius 3 is 1.30 bits per heavy atom. The molecule has 3 unspecified atom stereocenters. The van der Waals surface area contributed by atoms with Crippen molar-refractivity contribution in [2.45, 2.75) is 150 Å². The Hall–Kier alpha value is 0.350. The molecular weight excluding hydrogens is 351 g/mol. The number of hydrogen-bond donors (Lipinski definition) is 2. The molecule has 0 radical (unpaired) electrons. The van der Waals surface area contributed by atoms with Crippen LogP contribution in [0.15, 0.2) is 0 Å². The first kappa shape index (κ1) is 20.6. The lowest BCUT2D eigenvalue weighted by Gasteiger charge is -2.54. The monoisotopic (exact) mass is 395 g/mol. The minimum atomic E-state index is -1.30. The van der Waals surface area contributed by atoms with Gasteiger partial charge < -0.3 is 10.2 Å². The van der Waals surface area contributed by atoms with E-state index in [9.17, 15) is 10.2 Å². The first-order chi connectivity index (χ1) is 13.2. The molecule has 4 rings (SSSR count). The SMILES string of the molecule is OC1CCC(O)C([P+](C2CCCCC2)(C2CCCCC2)C2CCCCC2)C1. The summed E-state index contributed by atoms with van der Waals surface area (Å²) in [6.07, 6.45) is 23.9. The molecule has 3 heteroatoms. The summed E-state index contributed by atoms with van der Waals surface area (Å²) in [6, 6.07) is 0. The summed E-state index contributed by atoms with van der Waals surface area (Å²) in [6.45, 7) is 0. The van der Waals surface area contributed by atoms with Crippen molar-refractivity contribution in [3.63, 3.8) is 0 Å². The molecule has 0 saturated heterocycles. The first-order valence-electron chi connectivity index (χ1n) is 12.5. The molecule has 4 aliphatic rings. The average Bonchev–Trinajstić information content (AvgIpc) is 2.73. The van der Waals surface area contributed by atoms with Gasteiger partial charge in [-0.2, -0.15) is 0 Å². The fourth-order valence-corrected chi connectivity index (χ4v) is 16.4. The Morgan fingerprint density at radius 1 is 0.481 bits per heavy atom. The van der Waals surface area contributed by atoms with Crippen LogP contribution in [-0.4, -0.2) is 45.1 Å². The molecule has 156 valence electrons. The molecule has 0 bridgehead atoms. The molecule has 27 heavy (non-hydrogen) atoms. The highest BCUT2D eigenvalue weighted by atomic mass is 31.2. The lowest BCUT2D eigenvalue weighted by Crippen LogP contribution is -2.48. The highest BCUT2D eigenvalue weighted by Gasteiger charge is 2.63. The molecule has 2 N–H and O–H groups in total. The highest BCUT2D eigenvalue weighted by molar-refractivity contribution is 7.78. The maximum Gasteiger partial charge on any atom is 0.0988 e. The smallest absolute Gasteiger partial charge is 0.0988 e. The van der Waals surface area contributed by atoms with E-state index in [2.05, 4.69) is 0 Å². The zero-order valence-electron chi connectivity index (χ0n) is 17.5. The standard InChI is InChI=1S/C24H44O2P/c25-19-16-17-23(26)24(18-19)27(20-10-4-1-5-11-20,21-12-6-2-7-13-21)22-14-8-3-9-15-22/h19-26H,1-18H2/q+1. The van der Waals surface area contributed by atoms with E-state index in [0.717, 1.165) is 36.2 Å². The van der Waals surface area contributed by atoms with Gasteiger partial charge in [0.2, 0.25) is 0 Å². The number of hydrogen-bond acceptors (Lipinski definition) is 2. The van der Waals surface area contributed by atoms with Crippen molar-refractivity contribution >= 4 is 7.26 Å². The third-order valence-corrected chi connectivity index (χ3v) is 16.0. The van der Waals surface area contributed by atoms with Gasteiger partial charge in [-0.1, -0.05) is 19.3 Å². The summed E-state index contributed by atoms with van der Waals surface area (Å²) in [5.74, 6) is 0. The van der Waals surface area contributed by atoms with Crippen LogP contribution >= 0.6 is 7.26 Å². The fraction of sp³-hybridized carbons (Fsp3) is 1.00. The van der Waals surface area contributed by atoms with E-state index in [1.54, 1.807) is 0 Å². The predicted molar refractivity (Wildman–Crippen MR) is 117 cm³/mol. The Morgan fingerprint density at radius 2 is 0.889 bits per heavy atom. The van der Waals surface area contributed by atoms with E-state index in [1.807, 2.05) is 0 Å². The molecule has 4 aliphatic carbocycles. The second-order valence-corrected chi connectivity index (χ2v) is 15.0. The Bertz CT molecular complexity index is 404. The highest BCUT2D eigenvalue weighted by Crippen LogP contribution is 2.81. The van der Waals surface area contributed by atoms with E-state index in [0.29, 0.717) is 5.66 Å². The van der Waals surface area contributed by atoms with Gasteiger partial charge in [-0.05, 0) is 89.9 Å². The van der Waals surface area contributed by atoms with E-state index in [4.69, 9.17) is 0 Å². The summed E-state index contributed by atoms with van der Waals surface area (Å²) in [4.78, 5) is 0. The zero-order chi connectivity index (χ0) is 18.7. The number of aliphatic hydroxyl groups excluding tert-OH is 2. The zero-order valence-corrected chi connectivity index (χ0v) is 18.4. The van der Waals surface area contributed by atoms with Crippen molar-refractivity contribution in [1.29, 1.82) is 0 Å². The van der Waals surface area contributed by atoms with Gasteiger partial charge in [0.1, 0.15) is 0 Å². The fourth-order valence-electron chi connectivity index (χ4n) is 7.88. The molecule has 0 aromatic heterocycles. The van der Waals surface area contributed by atoms with Gasteiger partial charge >= 0.3 is 0 Å². The summed E-state index contributed by atoms with van der Waals surface area (Å²) in [7, 11) is -1.30. The molecule has 0 aliphatic heterocycles. The van der Waals surface area contributed by atoms with Crippen molar-refractivity contribution in [3.05, 3.63) is 0 Å². The molecule has 0 aromatic rings. The molecule has 3 atom stereocenters. The van der Waals surface area contributed by atoms with Gasteiger partial charge in [-0.25, -0.2) is 0 Å². The van der Waals surface area contributed by atoms with Crippen LogP contribution in [0.25, 0.3) is 0 Å². The van der Waals surface area contributed by atoms with Crippen LogP contribution in [0, 0.1) is 0 Å². The van der Waals surface area contributed by atoms with Crippen LogP contribution in [0.2, 0.25) is 0 Å². The third-order valence-electron chi connectivity index (χ3n) is 8.95. The average molecular weight is 396 g/mol. The number of aliphatic hydroxyl groups is 2. The van der Waals surface area contributed by atoms with Crippen LogP contribution in [-0.2, 0) is 0 Å². The molecule has 4 saturated carbocycles. The summed E-state index contributed by atoms with van der Waals surface area (Å²) in [5.41, 5.74) is 3.22. The van der Waals surface area contributed by atoms with E-state index in [1.165, 1.54) is 96.3 Å². The largest absolute Gasteiger partial charge is 0.393 e. The number of rotatable bonds is 4. The molecule has 0 aromatic carbocycles. The Labute approximate surface area is 168 Å². The topological polar surface area (TPSA) is 40.5 Å². The van der Waals surface area contributed by atoms with Gasteiger partial charge in [-0.3, -0.25) is 0 Å². The normalized spacial score (nSPS) is 36.0. The van der Waals surface area contributed by atoms with Crippen LogP contribution < -0.4 is 0 Å². The molecule has 2 nitrogen and oxygen atoms in total. The summed E-state index contributed by atoms with van der Waals surface area (Å²) < 4.78 is 0. The van der Waals surface area contributed by atoms with Gasteiger partial charge in [0.15, 0.2) is 0 Å². The van der Waals surface area contributed by atoms with E-state index < -0.39 is 7.26 Å². The van der Waals surface area contributed by atoms with E-state index in [-0.39, 0.29) is 12.2 Å². The minimum Gasteiger partial charge on any atom is -0.393 e. The van der Waals surface area contributed by atoms with Crippen molar-refractivity contribution in [1.82, 2.24) is 0 Å². The Balaban J connectivity index is 1.75. The van der Waals surface area contributed by atoms with Crippen molar-refractivity contribution in [2.75, 3.05) is 0 Å². The van der Waals surface area contributed by atoms with Gasteiger partial charge in [0.05, 0.1) is 34.8 Å². The first-order valence-corrected chi connectivity index (χ1v) is 14.5. The predicted octanol–water partition coefficient (Wildman–Crippen LogP) is 6.28. The summed E-state index contributed by atoms with van der Waals surface area (Å²) in [5, 5.41) is 22.0. The van der Waals surface area contributed by atoms with Crippen molar-refractivity contribution in [2.24, 2.45) is 0 Å². The van der Waals surface area contributed by atoms with Gasteiger partial charge in [-0.15, -0.1) is 0 Å². The van der Waals surface area contributed by atoms with E-state index >= 15 is 0 Å². The Kier molecular flexibility index (Phi) is 7.21. The van der Waals surface area contributed by atoms with Crippen molar-refractivity contribution < 1.29 is 10.2 Å². The van der Waals surface area contributed by atoms with Gasteiger partial charge in [0.25, 0.3) is 0 Å². The molecule has 4 fully saturated rings. The maximum absolute atomic E-state index is 11.3. The van der Waals surface area contributed by atoms with Crippen LogP contribution in [0.5, 0.6) is 0 Å². The van der Waals surface area contributed by atoms with Crippen LogP contribution in [0.4, 0.5) is 0 Å². The van der Waals surface area contributed by atoms with Crippen LogP contribution in [0.3, 0.4) is 0 Å². The second kappa shape index (κ2) is 9.44. The molecule has 0 amide bonds. The molecule has 0 heterocycles. The lowest BCUT2D eigenvalue weighted by molar-refractivity contribution is 0.0559. The molecule has 0 spiro atoms. The third kappa shape index (κ3) is 4.15. The van der Waals surface area contributed by atoms with Crippen molar-refractivity contribution in [3.8, 4) is 0 Å². The maximum atomic E-state index is 11.3. The lowest BCUT2D eigenvalue weighted by atomic mass is 9.94. The van der Waals surface area contributed by atoms with Crippen LogP contribution in [0.1, 0.15) is 116 Å². The van der Waals surface area contributed by atoms with Gasteiger partial charge in [0, 0.05) is 13.7 Å². The quantitative estimate of drug-likeness (QED) is 0.550. The molecular formula is C24H44O2P+.